The van der Waals surface area contributed by atoms with Gasteiger partial charge in [-0.05, 0) is 26.0 Å². The monoisotopic (exact) mass is 328 g/mol. The Morgan fingerprint density at radius 2 is 1.83 bits per heavy atom. The Kier molecular flexibility index (Phi) is 3.80. The van der Waals surface area contributed by atoms with Gasteiger partial charge in [0.25, 0.3) is 5.91 Å². The molecule has 8 nitrogen and oxygen atoms in total. The average Bonchev–Trinajstić information content (AvgIpc) is 2.76. The number of nitrogens with zero attached hydrogens (tertiary/aromatic N) is 3. The zero-order chi connectivity index (χ0) is 17.3. The molecule has 1 aromatic carbocycles. The summed E-state index contributed by atoms with van der Waals surface area (Å²) in [6.45, 7) is 3.25. The van der Waals surface area contributed by atoms with Crippen molar-refractivity contribution in [1.82, 2.24) is 15.3 Å². The van der Waals surface area contributed by atoms with E-state index in [4.69, 9.17) is 9.47 Å². The second-order valence-electron chi connectivity index (χ2n) is 5.66. The molecule has 1 fully saturated rings. The number of amides is 3. The van der Waals surface area contributed by atoms with E-state index < -0.39 is 17.5 Å². The van der Waals surface area contributed by atoms with Crippen molar-refractivity contribution in [3.8, 4) is 17.4 Å². The minimum atomic E-state index is -0.980. The molecule has 0 unspecified atom stereocenters. The predicted octanol–water partition coefficient (Wildman–Crippen LogP) is 2.11. The molecular weight excluding hydrogens is 312 g/mol. The SMILES string of the molecule is COc1ccccc1Oc1cc(N2C(=O)NC(C)(C)C2=O)ncn1. The Morgan fingerprint density at radius 1 is 1.12 bits per heavy atom. The van der Waals surface area contributed by atoms with Crippen molar-refractivity contribution >= 4 is 17.8 Å². The lowest BCUT2D eigenvalue weighted by atomic mass is 10.1. The summed E-state index contributed by atoms with van der Waals surface area (Å²) in [4.78, 5) is 33.3. The number of hydrogen-bond acceptors (Lipinski definition) is 6. The Balaban J connectivity index is 1.90. The fourth-order valence-electron chi connectivity index (χ4n) is 2.28. The van der Waals surface area contributed by atoms with Crippen LogP contribution in [0.1, 0.15) is 13.8 Å². The number of carbonyl (C=O) groups excluding carboxylic acids is 2. The van der Waals surface area contributed by atoms with Gasteiger partial charge >= 0.3 is 6.03 Å². The van der Waals surface area contributed by atoms with E-state index >= 15 is 0 Å². The smallest absolute Gasteiger partial charge is 0.330 e. The summed E-state index contributed by atoms with van der Waals surface area (Å²) in [6.07, 6.45) is 1.23. The van der Waals surface area contributed by atoms with Crippen LogP contribution in [0, 0.1) is 0 Å². The average molecular weight is 328 g/mol. The lowest BCUT2D eigenvalue weighted by Crippen LogP contribution is -2.40. The van der Waals surface area contributed by atoms with Crippen LogP contribution < -0.4 is 19.7 Å². The van der Waals surface area contributed by atoms with Crippen LogP contribution in [0.15, 0.2) is 36.7 Å². The Morgan fingerprint density at radius 3 is 2.46 bits per heavy atom. The van der Waals surface area contributed by atoms with Gasteiger partial charge in [-0.25, -0.2) is 19.7 Å². The molecule has 1 aromatic heterocycles. The van der Waals surface area contributed by atoms with Crippen molar-refractivity contribution in [1.29, 1.82) is 0 Å². The summed E-state index contributed by atoms with van der Waals surface area (Å²) in [7, 11) is 1.53. The number of rotatable bonds is 4. The molecule has 1 aliphatic rings. The quantitative estimate of drug-likeness (QED) is 0.864. The van der Waals surface area contributed by atoms with Crippen LogP contribution in [0.25, 0.3) is 0 Å². The molecule has 8 heteroatoms. The van der Waals surface area contributed by atoms with E-state index in [1.54, 1.807) is 32.0 Å². The fraction of sp³-hybridized carbons (Fsp3) is 0.250. The molecular formula is C16H16N4O4. The number of imide groups is 1. The van der Waals surface area contributed by atoms with E-state index in [1.807, 2.05) is 6.07 Å². The van der Waals surface area contributed by atoms with Gasteiger partial charge < -0.3 is 14.8 Å². The van der Waals surface area contributed by atoms with Crippen molar-refractivity contribution in [2.45, 2.75) is 19.4 Å². The number of benzene rings is 1. The highest BCUT2D eigenvalue weighted by Gasteiger charge is 2.45. The molecule has 2 aromatic rings. The van der Waals surface area contributed by atoms with Crippen molar-refractivity contribution in [2.24, 2.45) is 0 Å². The largest absolute Gasteiger partial charge is 0.493 e. The highest BCUT2D eigenvalue weighted by molar-refractivity contribution is 6.22. The highest BCUT2D eigenvalue weighted by atomic mass is 16.5. The van der Waals surface area contributed by atoms with Gasteiger partial charge in [0, 0.05) is 6.07 Å². The molecule has 1 aliphatic heterocycles. The van der Waals surface area contributed by atoms with E-state index in [2.05, 4.69) is 15.3 Å². The van der Waals surface area contributed by atoms with Gasteiger partial charge in [0.1, 0.15) is 11.9 Å². The third-order valence-electron chi connectivity index (χ3n) is 3.50. The standard InChI is InChI=1S/C16H16N4O4/c1-16(2)14(21)20(15(22)19-16)12-8-13(18-9-17-12)24-11-7-5-4-6-10(11)23-3/h4-9H,1-3H3,(H,19,22). The van der Waals surface area contributed by atoms with Crippen LogP contribution in [0.3, 0.4) is 0 Å². The zero-order valence-corrected chi connectivity index (χ0v) is 13.4. The molecule has 1 saturated heterocycles. The van der Waals surface area contributed by atoms with E-state index in [0.717, 1.165) is 4.90 Å². The first-order valence-corrected chi connectivity index (χ1v) is 7.22. The molecule has 2 heterocycles. The Bertz CT molecular complexity index is 806. The minimum Gasteiger partial charge on any atom is -0.493 e. The molecule has 0 aliphatic carbocycles. The summed E-state index contributed by atoms with van der Waals surface area (Å²) >= 11 is 0. The number of carbonyl (C=O) groups is 2. The van der Waals surface area contributed by atoms with Crippen LogP contribution in [0.2, 0.25) is 0 Å². The van der Waals surface area contributed by atoms with Crippen molar-refractivity contribution in [3.05, 3.63) is 36.7 Å². The van der Waals surface area contributed by atoms with E-state index in [9.17, 15) is 9.59 Å². The van der Waals surface area contributed by atoms with Gasteiger partial charge in [0.05, 0.1) is 7.11 Å². The first kappa shape index (κ1) is 15.7. The highest BCUT2D eigenvalue weighted by Crippen LogP contribution is 2.31. The lowest BCUT2D eigenvalue weighted by molar-refractivity contribution is -0.121. The topological polar surface area (TPSA) is 93.7 Å². The van der Waals surface area contributed by atoms with Gasteiger partial charge in [-0.1, -0.05) is 12.1 Å². The third-order valence-corrected chi connectivity index (χ3v) is 3.50. The number of aromatic nitrogens is 2. The van der Waals surface area contributed by atoms with E-state index in [-0.39, 0.29) is 11.7 Å². The van der Waals surface area contributed by atoms with Gasteiger partial charge in [-0.2, -0.15) is 0 Å². The molecule has 1 N–H and O–H groups in total. The normalized spacial score (nSPS) is 16.0. The number of para-hydroxylation sites is 2. The fourth-order valence-corrected chi connectivity index (χ4v) is 2.28. The predicted molar refractivity (Wildman–Crippen MR) is 85.2 cm³/mol. The maximum absolute atomic E-state index is 12.3. The number of hydrogen-bond donors (Lipinski definition) is 1. The summed E-state index contributed by atoms with van der Waals surface area (Å²) in [5, 5.41) is 2.60. The van der Waals surface area contributed by atoms with Gasteiger partial charge in [-0.3, -0.25) is 4.79 Å². The van der Waals surface area contributed by atoms with Gasteiger partial charge in [0.2, 0.25) is 5.88 Å². The molecule has 0 bridgehead atoms. The van der Waals surface area contributed by atoms with Crippen molar-refractivity contribution < 1.29 is 19.1 Å². The molecule has 124 valence electrons. The second kappa shape index (κ2) is 5.80. The van der Waals surface area contributed by atoms with Crippen LogP contribution >= 0.6 is 0 Å². The minimum absolute atomic E-state index is 0.142. The molecule has 0 spiro atoms. The Hall–Kier alpha value is -3.16. The van der Waals surface area contributed by atoms with Crippen molar-refractivity contribution in [3.63, 3.8) is 0 Å². The first-order valence-electron chi connectivity index (χ1n) is 7.22. The zero-order valence-electron chi connectivity index (χ0n) is 13.4. The third kappa shape index (κ3) is 2.73. The molecule has 0 saturated carbocycles. The summed E-state index contributed by atoms with van der Waals surface area (Å²) in [5.41, 5.74) is -0.980. The first-order chi connectivity index (χ1) is 11.4. The maximum atomic E-state index is 12.3. The van der Waals surface area contributed by atoms with Crippen molar-refractivity contribution in [2.75, 3.05) is 12.0 Å². The molecule has 3 amide bonds. The van der Waals surface area contributed by atoms with Crippen LogP contribution in [-0.2, 0) is 4.79 Å². The van der Waals surface area contributed by atoms with E-state index in [1.165, 1.54) is 19.5 Å². The lowest BCUT2D eigenvalue weighted by Gasteiger charge is -2.15. The number of urea groups is 1. The van der Waals surface area contributed by atoms with Crippen LogP contribution in [-0.4, -0.2) is 34.6 Å². The second-order valence-corrected chi connectivity index (χ2v) is 5.66. The van der Waals surface area contributed by atoms with Gasteiger partial charge in [0.15, 0.2) is 17.3 Å². The number of anilines is 1. The molecule has 3 rings (SSSR count). The van der Waals surface area contributed by atoms with Crippen LogP contribution in [0.5, 0.6) is 17.4 Å². The molecule has 24 heavy (non-hydrogen) atoms. The number of nitrogens with one attached hydrogen (secondary N) is 1. The maximum Gasteiger partial charge on any atom is 0.330 e. The van der Waals surface area contributed by atoms with E-state index in [0.29, 0.717) is 11.5 Å². The summed E-state index contributed by atoms with van der Waals surface area (Å²) in [5.74, 6) is 0.934. The number of methoxy groups -OCH3 is 1. The summed E-state index contributed by atoms with van der Waals surface area (Å²) < 4.78 is 10.9. The molecule has 0 atom stereocenters. The van der Waals surface area contributed by atoms with Crippen LogP contribution in [0.4, 0.5) is 10.6 Å². The summed E-state index contributed by atoms with van der Waals surface area (Å²) in [6, 6.07) is 7.96. The molecule has 0 radical (unpaired) electrons. The van der Waals surface area contributed by atoms with Gasteiger partial charge in [-0.15, -0.1) is 0 Å². The number of ether oxygens (including phenoxy) is 2. The Labute approximate surface area is 138 Å².